The van der Waals surface area contributed by atoms with Crippen molar-refractivity contribution in [3.05, 3.63) is 29.8 Å². The van der Waals surface area contributed by atoms with Crippen LogP contribution >= 0.6 is 0 Å². The molecule has 1 aromatic carbocycles. The summed E-state index contributed by atoms with van der Waals surface area (Å²) < 4.78 is 5.70. The first-order valence-electron chi connectivity index (χ1n) is 5.91. The van der Waals surface area contributed by atoms with Crippen LogP contribution in [0, 0.1) is 5.41 Å². The molecule has 1 aliphatic heterocycles. The summed E-state index contributed by atoms with van der Waals surface area (Å²) in [6.07, 6.45) is 0.512. The Kier molecular flexibility index (Phi) is 3.33. The van der Waals surface area contributed by atoms with Gasteiger partial charge < -0.3 is 15.4 Å². The molecular weight excluding hydrogens is 214 g/mol. The highest BCUT2D eigenvalue weighted by molar-refractivity contribution is 5.95. The predicted octanol–water partition coefficient (Wildman–Crippen LogP) is 1.58. The molecule has 2 rings (SSSR count). The zero-order valence-corrected chi connectivity index (χ0v) is 10.3. The van der Waals surface area contributed by atoms with E-state index in [1.807, 2.05) is 24.3 Å². The standard InChI is InChI=1S/C13H19N3O/c1-9-7-16(8-10(2)17-9)12-5-3-11(4-6-12)13(14)15/h3-6,9-10H,7-8H2,1-2H3,(H3,14,15)/t9-,10+. The lowest BCUT2D eigenvalue weighted by atomic mass is 10.1. The minimum Gasteiger partial charge on any atom is -0.384 e. The second kappa shape index (κ2) is 4.75. The smallest absolute Gasteiger partial charge is 0.122 e. The molecule has 3 N–H and O–H groups in total. The third kappa shape index (κ3) is 2.77. The molecule has 0 bridgehead atoms. The zero-order valence-electron chi connectivity index (χ0n) is 10.3. The minimum atomic E-state index is 0.111. The van der Waals surface area contributed by atoms with E-state index in [2.05, 4.69) is 18.7 Å². The molecule has 0 saturated carbocycles. The molecule has 0 unspecified atom stereocenters. The summed E-state index contributed by atoms with van der Waals surface area (Å²) in [5, 5.41) is 7.36. The highest BCUT2D eigenvalue weighted by atomic mass is 16.5. The number of ether oxygens (including phenoxy) is 1. The van der Waals surface area contributed by atoms with Gasteiger partial charge in [0.2, 0.25) is 0 Å². The SMILES string of the molecule is C[C@@H]1CN(c2ccc(C(=N)N)cc2)C[C@H](C)O1. The van der Waals surface area contributed by atoms with E-state index in [-0.39, 0.29) is 18.0 Å². The van der Waals surface area contributed by atoms with Crippen LogP contribution in [0.2, 0.25) is 0 Å². The fourth-order valence-corrected chi connectivity index (χ4v) is 2.24. The van der Waals surface area contributed by atoms with Gasteiger partial charge in [-0.2, -0.15) is 0 Å². The van der Waals surface area contributed by atoms with E-state index in [0.29, 0.717) is 0 Å². The van der Waals surface area contributed by atoms with E-state index in [0.717, 1.165) is 24.3 Å². The van der Waals surface area contributed by atoms with Gasteiger partial charge in [-0.15, -0.1) is 0 Å². The number of nitrogens with one attached hydrogen (secondary N) is 1. The number of nitrogens with two attached hydrogens (primary N) is 1. The van der Waals surface area contributed by atoms with Crippen molar-refractivity contribution >= 4 is 11.5 Å². The fourth-order valence-electron chi connectivity index (χ4n) is 2.24. The van der Waals surface area contributed by atoms with Gasteiger partial charge in [-0.3, -0.25) is 5.41 Å². The molecule has 1 aromatic rings. The maximum atomic E-state index is 7.36. The van der Waals surface area contributed by atoms with Gasteiger partial charge in [0.05, 0.1) is 12.2 Å². The second-order valence-corrected chi connectivity index (χ2v) is 4.62. The normalized spacial score (nSPS) is 24.7. The van der Waals surface area contributed by atoms with Gasteiger partial charge in [-0.25, -0.2) is 0 Å². The molecule has 92 valence electrons. The predicted molar refractivity (Wildman–Crippen MR) is 69.7 cm³/mol. The van der Waals surface area contributed by atoms with Crippen molar-refractivity contribution in [1.29, 1.82) is 5.41 Å². The quantitative estimate of drug-likeness (QED) is 0.602. The van der Waals surface area contributed by atoms with Gasteiger partial charge in [-0.1, -0.05) is 0 Å². The minimum absolute atomic E-state index is 0.111. The van der Waals surface area contributed by atoms with Crippen LogP contribution < -0.4 is 10.6 Å². The molecule has 0 spiro atoms. The second-order valence-electron chi connectivity index (χ2n) is 4.62. The zero-order chi connectivity index (χ0) is 12.4. The number of morpholine rings is 1. The number of hydrogen-bond acceptors (Lipinski definition) is 3. The summed E-state index contributed by atoms with van der Waals surface area (Å²) >= 11 is 0. The third-order valence-electron chi connectivity index (χ3n) is 2.96. The highest BCUT2D eigenvalue weighted by Crippen LogP contribution is 2.20. The highest BCUT2D eigenvalue weighted by Gasteiger charge is 2.22. The molecule has 2 atom stereocenters. The van der Waals surface area contributed by atoms with Crippen LogP contribution in [0.1, 0.15) is 19.4 Å². The summed E-state index contributed by atoms with van der Waals surface area (Å²) in [6.45, 7) is 5.99. The first-order valence-corrected chi connectivity index (χ1v) is 5.91. The van der Waals surface area contributed by atoms with Crippen LogP contribution in [0.5, 0.6) is 0 Å². The van der Waals surface area contributed by atoms with Gasteiger partial charge >= 0.3 is 0 Å². The van der Waals surface area contributed by atoms with E-state index in [4.69, 9.17) is 15.9 Å². The summed E-state index contributed by atoms with van der Waals surface area (Å²) in [4.78, 5) is 2.31. The van der Waals surface area contributed by atoms with Crippen LogP contribution in [0.25, 0.3) is 0 Å². The molecule has 1 aliphatic rings. The molecule has 4 nitrogen and oxygen atoms in total. The number of hydrogen-bond donors (Lipinski definition) is 2. The summed E-state index contributed by atoms with van der Waals surface area (Å²) in [5.74, 6) is 0.111. The van der Waals surface area contributed by atoms with Gasteiger partial charge in [-0.05, 0) is 38.1 Å². The summed E-state index contributed by atoms with van der Waals surface area (Å²) in [6, 6.07) is 7.81. The summed E-state index contributed by atoms with van der Waals surface area (Å²) in [5.41, 5.74) is 7.37. The van der Waals surface area contributed by atoms with Crippen molar-refractivity contribution in [2.75, 3.05) is 18.0 Å². The van der Waals surface area contributed by atoms with Crippen molar-refractivity contribution in [3.8, 4) is 0 Å². The van der Waals surface area contributed by atoms with Crippen LogP contribution in [0.15, 0.2) is 24.3 Å². The molecule has 0 amide bonds. The number of benzene rings is 1. The molecular formula is C13H19N3O. The van der Waals surface area contributed by atoms with E-state index in [1.165, 1.54) is 0 Å². The van der Waals surface area contributed by atoms with Crippen LogP contribution in [-0.4, -0.2) is 31.1 Å². The molecule has 0 radical (unpaired) electrons. The topological polar surface area (TPSA) is 62.3 Å². The van der Waals surface area contributed by atoms with Crippen molar-refractivity contribution in [3.63, 3.8) is 0 Å². The summed E-state index contributed by atoms with van der Waals surface area (Å²) in [7, 11) is 0. The number of nitrogen functional groups attached to an aromatic ring is 1. The Balaban J connectivity index is 2.14. The Morgan fingerprint density at radius 1 is 1.24 bits per heavy atom. The first-order chi connectivity index (χ1) is 8.06. The molecule has 4 heteroatoms. The molecule has 1 saturated heterocycles. The number of amidine groups is 1. The van der Waals surface area contributed by atoms with Gasteiger partial charge in [0.15, 0.2) is 0 Å². The lowest BCUT2D eigenvalue weighted by Gasteiger charge is -2.36. The molecule has 1 heterocycles. The molecule has 0 aliphatic carbocycles. The van der Waals surface area contributed by atoms with E-state index in [1.54, 1.807) is 0 Å². The van der Waals surface area contributed by atoms with Gasteiger partial charge in [0.1, 0.15) is 5.84 Å². The Morgan fingerprint density at radius 2 is 1.76 bits per heavy atom. The van der Waals surface area contributed by atoms with Crippen molar-refractivity contribution in [2.24, 2.45) is 5.73 Å². The average Bonchev–Trinajstić information content (AvgIpc) is 2.28. The van der Waals surface area contributed by atoms with E-state index in [9.17, 15) is 0 Å². The van der Waals surface area contributed by atoms with Crippen LogP contribution in [-0.2, 0) is 4.74 Å². The Labute approximate surface area is 102 Å². The largest absolute Gasteiger partial charge is 0.384 e. The lowest BCUT2D eigenvalue weighted by molar-refractivity contribution is -0.00521. The maximum absolute atomic E-state index is 7.36. The Morgan fingerprint density at radius 3 is 2.24 bits per heavy atom. The number of anilines is 1. The van der Waals surface area contributed by atoms with E-state index >= 15 is 0 Å². The maximum Gasteiger partial charge on any atom is 0.122 e. The Bertz CT molecular complexity index is 392. The number of nitrogens with zero attached hydrogens (tertiary/aromatic N) is 1. The molecule has 17 heavy (non-hydrogen) atoms. The monoisotopic (exact) mass is 233 g/mol. The Hall–Kier alpha value is -1.55. The fraction of sp³-hybridized carbons (Fsp3) is 0.462. The van der Waals surface area contributed by atoms with Crippen molar-refractivity contribution in [2.45, 2.75) is 26.1 Å². The van der Waals surface area contributed by atoms with Crippen molar-refractivity contribution in [1.82, 2.24) is 0 Å². The van der Waals surface area contributed by atoms with Gasteiger partial charge in [0.25, 0.3) is 0 Å². The molecule has 0 aromatic heterocycles. The van der Waals surface area contributed by atoms with Crippen molar-refractivity contribution < 1.29 is 4.74 Å². The van der Waals surface area contributed by atoms with E-state index < -0.39 is 0 Å². The lowest BCUT2D eigenvalue weighted by Crippen LogP contribution is -2.45. The van der Waals surface area contributed by atoms with Crippen LogP contribution in [0.3, 0.4) is 0 Å². The van der Waals surface area contributed by atoms with Crippen LogP contribution in [0.4, 0.5) is 5.69 Å². The third-order valence-corrected chi connectivity index (χ3v) is 2.96. The van der Waals surface area contributed by atoms with Gasteiger partial charge in [0, 0.05) is 24.3 Å². The first kappa shape index (κ1) is 11.9. The number of rotatable bonds is 2. The average molecular weight is 233 g/mol. The molecule has 1 fully saturated rings.